The van der Waals surface area contributed by atoms with Crippen molar-refractivity contribution in [2.75, 3.05) is 0 Å². The molecule has 84 valence electrons. The highest BCUT2D eigenvalue weighted by Gasteiger charge is 2.17. The molecule has 0 aromatic heterocycles. The zero-order valence-electron chi connectivity index (χ0n) is 9.67. The Balaban J connectivity index is 2.09. The summed E-state index contributed by atoms with van der Waals surface area (Å²) in [5, 5.41) is 9.66. The van der Waals surface area contributed by atoms with Crippen molar-refractivity contribution < 1.29 is 5.11 Å². The van der Waals surface area contributed by atoms with Crippen LogP contribution in [0.4, 0.5) is 0 Å². The topological polar surface area (TPSA) is 20.2 Å². The number of hydrogen-bond acceptors (Lipinski definition) is 1. The van der Waals surface area contributed by atoms with Crippen LogP contribution >= 0.6 is 0 Å². The van der Waals surface area contributed by atoms with Gasteiger partial charge < -0.3 is 5.11 Å². The van der Waals surface area contributed by atoms with Crippen LogP contribution in [0.25, 0.3) is 0 Å². The number of unbranched alkanes of at least 4 members (excludes halogenated alkanes) is 3. The predicted octanol–water partition coefficient (Wildman–Crippen LogP) is 3.90. The molecule has 0 aromatic rings. The molecule has 0 bridgehead atoms. The standard InChI is InChI=1S/C13H26O/c1-2-3-4-5-8-12-9-6-7-10-13(14)11-12/h12-14H,2-11H2,1H3. The zero-order valence-corrected chi connectivity index (χ0v) is 9.67. The molecule has 1 nitrogen and oxygen atoms in total. The van der Waals surface area contributed by atoms with E-state index in [2.05, 4.69) is 6.92 Å². The average Bonchev–Trinajstić information content (AvgIpc) is 2.38. The van der Waals surface area contributed by atoms with Crippen LogP contribution < -0.4 is 0 Å². The molecule has 0 aromatic carbocycles. The van der Waals surface area contributed by atoms with Crippen molar-refractivity contribution >= 4 is 0 Å². The Morgan fingerprint density at radius 1 is 1.07 bits per heavy atom. The summed E-state index contributed by atoms with van der Waals surface area (Å²) in [5.74, 6) is 0.823. The molecule has 1 aliphatic rings. The fourth-order valence-corrected chi connectivity index (χ4v) is 2.56. The van der Waals surface area contributed by atoms with Gasteiger partial charge in [-0.2, -0.15) is 0 Å². The molecule has 1 heteroatoms. The summed E-state index contributed by atoms with van der Waals surface area (Å²) in [7, 11) is 0. The number of hydrogen-bond donors (Lipinski definition) is 1. The van der Waals surface area contributed by atoms with E-state index in [1.54, 1.807) is 0 Å². The largest absolute Gasteiger partial charge is 0.393 e. The molecule has 0 spiro atoms. The van der Waals surface area contributed by atoms with E-state index in [4.69, 9.17) is 0 Å². The quantitative estimate of drug-likeness (QED) is 0.525. The first-order chi connectivity index (χ1) is 6.83. The third-order valence-corrected chi connectivity index (χ3v) is 3.47. The summed E-state index contributed by atoms with van der Waals surface area (Å²) in [4.78, 5) is 0. The molecule has 2 atom stereocenters. The monoisotopic (exact) mass is 198 g/mol. The average molecular weight is 198 g/mol. The van der Waals surface area contributed by atoms with E-state index in [0.29, 0.717) is 0 Å². The molecule has 1 fully saturated rings. The normalized spacial score (nSPS) is 28.7. The summed E-state index contributed by atoms with van der Waals surface area (Å²) in [5.41, 5.74) is 0. The molecular weight excluding hydrogens is 172 g/mol. The number of aliphatic hydroxyl groups excluding tert-OH is 1. The molecule has 1 N–H and O–H groups in total. The molecule has 0 amide bonds. The Kier molecular flexibility index (Phi) is 6.25. The summed E-state index contributed by atoms with van der Waals surface area (Å²) < 4.78 is 0. The molecule has 1 saturated carbocycles. The van der Waals surface area contributed by atoms with Crippen LogP contribution in [0.3, 0.4) is 0 Å². The Hall–Kier alpha value is -0.0400. The lowest BCUT2D eigenvalue weighted by atomic mass is 9.93. The highest BCUT2D eigenvalue weighted by atomic mass is 16.3. The Labute approximate surface area is 88.9 Å². The van der Waals surface area contributed by atoms with Gasteiger partial charge >= 0.3 is 0 Å². The Morgan fingerprint density at radius 2 is 1.86 bits per heavy atom. The van der Waals surface area contributed by atoms with Crippen molar-refractivity contribution in [2.24, 2.45) is 5.92 Å². The second-order valence-electron chi connectivity index (χ2n) is 4.89. The van der Waals surface area contributed by atoms with Gasteiger partial charge in [0.2, 0.25) is 0 Å². The van der Waals surface area contributed by atoms with Gasteiger partial charge in [-0.25, -0.2) is 0 Å². The maximum Gasteiger partial charge on any atom is 0.0542 e. The first-order valence-electron chi connectivity index (χ1n) is 6.51. The molecular formula is C13H26O. The van der Waals surface area contributed by atoms with Gasteiger partial charge in [0.15, 0.2) is 0 Å². The smallest absolute Gasteiger partial charge is 0.0542 e. The maximum atomic E-state index is 9.66. The molecule has 0 saturated heterocycles. The fraction of sp³-hybridized carbons (Fsp3) is 1.00. The number of aliphatic hydroxyl groups is 1. The minimum absolute atomic E-state index is 0.00803. The van der Waals surface area contributed by atoms with Crippen LogP contribution in [0.15, 0.2) is 0 Å². The third kappa shape index (κ3) is 4.99. The van der Waals surface area contributed by atoms with E-state index in [0.717, 1.165) is 18.8 Å². The van der Waals surface area contributed by atoms with Crippen molar-refractivity contribution in [1.82, 2.24) is 0 Å². The lowest BCUT2D eigenvalue weighted by molar-refractivity contribution is 0.138. The van der Waals surface area contributed by atoms with Crippen LogP contribution in [-0.4, -0.2) is 11.2 Å². The van der Waals surface area contributed by atoms with Gasteiger partial charge in [0.1, 0.15) is 0 Å². The van der Waals surface area contributed by atoms with Crippen LogP contribution in [0.5, 0.6) is 0 Å². The Morgan fingerprint density at radius 3 is 2.64 bits per heavy atom. The van der Waals surface area contributed by atoms with Gasteiger partial charge in [-0.05, 0) is 18.8 Å². The summed E-state index contributed by atoms with van der Waals surface area (Å²) in [6.07, 6.45) is 12.9. The first kappa shape index (κ1) is 12.0. The van der Waals surface area contributed by atoms with Crippen LogP contribution in [0, 0.1) is 5.92 Å². The van der Waals surface area contributed by atoms with Crippen LogP contribution in [-0.2, 0) is 0 Å². The van der Waals surface area contributed by atoms with Crippen molar-refractivity contribution in [3.8, 4) is 0 Å². The molecule has 14 heavy (non-hydrogen) atoms. The predicted molar refractivity (Wildman–Crippen MR) is 61.3 cm³/mol. The third-order valence-electron chi connectivity index (χ3n) is 3.47. The lowest BCUT2D eigenvalue weighted by Crippen LogP contribution is -2.10. The molecule has 0 aliphatic heterocycles. The summed E-state index contributed by atoms with van der Waals surface area (Å²) >= 11 is 0. The van der Waals surface area contributed by atoms with Crippen LogP contribution in [0.2, 0.25) is 0 Å². The molecule has 1 rings (SSSR count). The van der Waals surface area contributed by atoms with Gasteiger partial charge in [0.25, 0.3) is 0 Å². The van der Waals surface area contributed by atoms with Crippen molar-refractivity contribution in [2.45, 2.75) is 77.2 Å². The maximum absolute atomic E-state index is 9.66. The van der Waals surface area contributed by atoms with E-state index in [-0.39, 0.29) is 6.10 Å². The van der Waals surface area contributed by atoms with Crippen molar-refractivity contribution in [1.29, 1.82) is 0 Å². The van der Waals surface area contributed by atoms with Gasteiger partial charge in [-0.15, -0.1) is 0 Å². The Bertz CT molecular complexity index is 133. The lowest BCUT2D eigenvalue weighted by Gasteiger charge is -2.15. The second-order valence-corrected chi connectivity index (χ2v) is 4.89. The highest BCUT2D eigenvalue weighted by molar-refractivity contribution is 4.70. The second kappa shape index (κ2) is 7.28. The summed E-state index contributed by atoms with van der Waals surface area (Å²) in [6, 6.07) is 0. The SMILES string of the molecule is CCCCCCC1CCCCC(O)C1. The highest BCUT2D eigenvalue weighted by Crippen LogP contribution is 2.27. The molecule has 0 radical (unpaired) electrons. The van der Waals surface area contributed by atoms with Gasteiger partial charge in [0.05, 0.1) is 6.10 Å². The fourth-order valence-electron chi connectivity index (χ4n) is 2.56. The molecule has 1 aliphatic carbocycles. The van der Waals surface area contributed by atoms with Gasteiger partial charge in [0, 0.05) is 0 Å². The van der Waals surface area contributed by atoms with Gasteiger partial charge in [-0.3, -0.25) is 0 Å². The van der Waals surface area contributed by atoms with Gasteiger partial charge in [-0.1, -0.05) is 58.3 Å². The number of rotatable bonds is 5. The van der Waals surface area contributed by atoms with E-state index < -0.39 is 0 Å². The summed E-state index contributed by atoms with van der Waals surface area (Å²) in [6.45, 7) is 2.26. The minimum Gasteiger partial charge on any atom is -0.393 e. The first-order valence-corrected chi connectivity index (χ1v) is 6.51. The van der Waals surface area contributed by atoms with Crippen molar-refractivity contribution in [3.63, 3.8) is 0 Å². The van der Waals surface area contributed by atoms with Crippen LogP contribution in [0.1, 0.15) is 71.1 Å². The van der Waals surface area contributed by atoms with E-state index in [1.165, 1.54) is 51.4 Å². The zero-order chi connectivity index (χ0) is 10.2. The van der Waals surface area contributed by atoms with E-state index in [1.807, 2.05) is 0 Å². The van der Waals surface area contributed by atoms with E-state index >= 15 is 0 Å². The molecule has 0 heterocycles. The van der Waals surface area contributed by atoms with E-state index in [9.17, 15) is 5.11 Å². The molecule has 2 unspecified atom stereocenters. The minimum atomic E-state index is 0.00803. The van der Waals surface area contributed by atoms with Crippen molar-refractivity contribution in [3.05, 3.63) is 0 Å².